The summed E-state index contributed by atoms with van der Waals surface area (Å²) in [5, 5.41) is 10.4. The van der Waals surface area contributed by atoms with Gasteiger partial charge in [-0.25, -0.2) is 4.98 Å². The largest absolute Gasteiger partial charge is 0.393 e. The normalized spacial score (nSPS) is 13.1. The van der Waals surface area contributed by atoms with Crippen LogP contribution in [-0.4, -0.2) is 34.7 Å². The lowest BCUT2D eigenvalue weighted by Gasteiger charge is -2.18. The zero-order valence-corrected chi connectivity index (χ0v) is 11.5. The molecule has 0 bridgehead atoms. The highest BCUT2D eigenvalue weighted by molar-refractivity contribution is 5.81. The van der Waals surface area contributed by atoms with Crippen molar-refractivity contribution in [1.29, 1.82) is 0 Å². The maximum absolute atomic E-state index is 9.30. The van der Waals surface area contributed by atoms with Gasteiger partial charge in [0.1, 0.15) is 5.82 Å². The van der Waals surface area contributed by atoms with Crippen molar-refractivity contribution in [2.75, 3.05) is 19.3 Å². The first-order valence-electron chi connectivity index (χ1n) is 6.57. The molecule has 0 radical (unpaired) electrons. The van der Waals surface area contributed by atoms with Crippen LogP contribution in [0.2, 0.25) is 0 Å². The first kappa shape index (κ1) is 13.8. The maximum atomic E-state index is 9.30. The van der Waals surface area contributed by atoms with Crippen molar-refractivity contribution < 1.29 is 5.11 Å². The zero-order chi connectivity index (χ0) is 13.8. The fraction of sp³-hybridized carbons (Fsp3) is 0.400. The van der Waals surface area contributed by atoms with E-state index in [0.29, 0.717) is 5.82 Å². The molecule has 1 aromatic carbocycles. The summed E-state index contributed by atoms with van der Waals surface area (Å²) >= 11 is 0. The molecule has 1 aromatic heterocycles. The molecule has 0 saturated carbocycles. The number of para-hydroxylation sites is 1. The summed E-state index contributed by atoms with van der Waals surface area (Å²) in [4.78, 5) is 6.57. The van der Waals surface area contributed by atoms with E-state index in [9.17, 15) is 5.11 Å². The number of anilines is 1. The molecular formula is C15H21N3O. The van der Waals surface area contributed by atoms with Crippen LogP contribution in [0.5, 0.6) is 0 Å². The quantitative estimate of drug-likeness (QED) is 0.862. The number of nitrogen functional groups attached to an aromatic ring is 1. The second-order valence-corrected chi connectivity index (χ2v) is 5.10. The Bertz CT molecular complexity index is 554. The number of benzene rings is 1. The number of aliphatic hydroxyl groups excluding tert-OH is 1. The van der Waals surface area contributed by atoms with Gasteiger partial charge in [0.2, 0.25) is 0 Å². The monoisotopic (exact) mass is 259 g/mol. The molecule has 2 rings (SSSR count). The van der Waals surface area contributed by atoms with Gasteiger partial charge in [-0.3, -0.25) is 0 Å². The van der Waals surface area contributed by atoms with Gasteiger partial charge in [0.05, 0.1) is 11.6 Å². The Morgan fingerprint density at radius 3 is 2.84 bits per heavy atom. The van der Waals surface area contributed by atoms with Gasteiger partial charge in [-0.1, -0.05) is 18.2 Å². The van der Waals surface area contributed by atoms with Crippen molar-refractivity contribution in [1.82, 2.24) is 9.88 Å². The summed E-state index contributed by atoms with van der Waals surface area (Å²) in [5.41, 5.74) is 7.96. The molecule has 4 nitrogen and oxygen atoms in total. The highest BCUT2D eigenvalue weighted by Crippen LogP contribution is 2.19. The topological polar surface area (TPSA) is 62.4 Å². The molecule has 0 fully saturated rings. The third kappa shape index (κ3) is 3.66. The average molecular weight is 259 g/mol. The maximum Gasteiger partial charge on any atom is 0.128 e. The van der Waals surface area contributed by atoms with Crippen LogP contribution in [-0.2, 0) is 6.54 Å². The molecule has 0 aliphatic carbocycles. The second-order valence-electron chi connectivity index (χ2n) is 5.10. The van der Waals surface area contributed by atoms with Crippen LogP contribution in [0.1, 0.15) is 18.9 Å². The number of fused-ring (bicyclic) bond motifs is 1. The highest BCUT2D eigenvalue weighted by atomic mass is 16.3. The van der Waals surface area contributed by atoms with Gasteiger partial charge < -0.3 is 15.7 Å². The van der Waals surface area contributed by atoms with Gasteiger partial charge in [0, 0.05) is 24.0 Å². The van der Waals surface area contributed by atoms with Crippen molar-refractivity contribution in [2.45, 2.75) is 26.0 Å². The van der Waals surface area contributed by atoms with E-state index in [4.69, 9.17) is 5.73 Å². The first-order chi connectivity index (χ1) is 9.06. The molecule has 1 atom stereocenters. The third-order valence-corrected chi connectivity index (χ3v) is 3.21. The Labute approximate surface area is 113 Å². The zero-order valence-electron chi connectivity index (χ0n) is 11.5. The van der Waals surface area contributed by atoms with Gasteiger partial charge in [-0.2, -0.15) is 0 Å². The van der Waals surface area contributed by atoms with E-state index in [-0.39, 0.29) is 6.10 Å². The smallest absolute Gasteiger partial charge is 0.128 e. The van der Waals surface area contributed by atoms with Crippen LogP contribution in [0.3, 0.4) is 0 Å². The molecule has 1 unspecified atom stereocenters. The van der Waals surface area contributed by atoms with Crippen molar-refractivity contribution in [3.63, 3.8) is 0 Å². The summed E-state index contributed by atoms with van der Waals surface area (Å²) < 4.78 is 0. The number of nitrogens with two attached hydrogens (primary N) is 1. The van der Waals surface area contributed by atoms with Gasteiger partial charge in [0.15, 0.2) is 0 Å². The summed E-state index contributed by atoms with van der Waals surface area (Å²) in [6.07, 6.45) is 0.492. The minimum atomic E-state index is -0.269. The number of rotatable bonds is 5. The van der Waals surface area contributed by atoms with Crippen LogP contribution in [0.25, 0.3) is 10.9 Å². The van der Waals surface area contributed by atoms with Crippen LogP contribution in [0, 0.1) is 0 Å². The van der Waals surface area contributed by atoms with E-state index in [0.717, 1.165) is 36.0 Å². The van der Waals surface area contributed by atoms with Crippen LogP contribution >= 0.6 is 0 Å². The summed E-state index contributed by atoms with van der Waals surface area (Å²) in [6, 6.07) is 10.1. The highest BCUT2D eigenvalue weighted by Gasteiger charge is 2.07. The molecule has 0 amide bonds. The summed E-state index contributed by atoms with van der Waals surface area (Å²) in [5.74, 6) is 0.586. The van der Waals surface area contributed by atoms with Crippen molar-refractivity contribution >= 4 is 16.7 Å². The predicted octanol–water partition coefficient (Wildman–Crippen LogP) is 2.02. The molecule has 0 spiro atoms. The van der Waals surface area contributed by atoms with Gasteiger partial charge in [0.25, 0.3) is 0 Å². The van der Waals surface area contributed by atoms with E-state index in [1.54, 1.807) is 6.92 Å². The molecule has 0 aliphatic heterocycles. The summed E-state index contributed by atoms with van der Waals surface area (Å²) in [6.45, 7) is 3.39. The molecule has 1 heterocycles. The number of aromatic nitrogens is 1. The Hall–Kier alpha value is -1.65. The Morgan fingerprint density at radius 1 is 1.37 bits per heavy atom. The van der Waals surface area contributed by atoms with Crippen molar-refractivity contribution in [3.8, 4) is 0 Å². The van der Waals surface area contributed by atoms with E-state index < -0.39 is 0 Å². The molecule has 3 N–H and O–H groups in total. The molecule has 0 aliphatic rings. The molecule has 19 heavy (non-hydrogen) atoms. The molecule has 4 heteroatoms. The first-order valence-corrected chi connectivity index (χ1v) is 6.57. The summed E-state index contributed by atoms with van der Waals surface area (Å²) in [7, 11) is 2.02. The van der Waals surface area contributed by atoms with Gasteiger partial charge >= 0.3 is 0 Å². The average Bonchev–Trinajstić information content (AvgIpc) is 2.37. The Balaban J connectivity index is 2.13. The van der Waals surface area contributed by atoms with E-state index in [1.165, 1.54) is 0 Å². The van der Waals surface area contributed by atoms with E-state index in [2.05, 4.69) is 16.0 Å². The fourth-order valence-corrected chi connectivity index (χ4v) is 2.08. The Morgan fingerprint density at radius 2 is 2.11 bits per heavy atom. The van der Waals surface area contributed by atoms with Crippen molar-refractivity contribution in [3.05, 3.63) is 35.9 Å². The number of pyridine rings is 1. The van der Waals surface area contributed by atoms with E-state index in [1.807, 2.05) is 31.3 Å². The predicted molar refractivity (Wildman–Crippen MR) is 78.8 cm³/mol. The fourth-order valence-electron chi connectivity index (χ4n) is 2.08. The standard InChI is InChI=1S/C15H21N3O/c1-11(19)7-8-18(2)10-13-9-12-5-3-4-6-14(12)17-15(13)16/h3-6,9,11,19H,7-8,10H2,1-2H3,(H2,16,17). The lowest BCUT2D eigenvalue weighted by Crippen LogP contribution is -2.22. The third-order valence-electron chi connectivity index (χ3n) is 3.21. The lowest BCUT2D eigenvalue weighted by atomic mass is 10.1. The number of aliphatic hydroxyl groups is 1. The number of hydrogen-bond donors (Lipinski definition) is 2. The van der Waals surface area contributed by atoms with Crippen LogP contribution in [0.4, 0.5) is 5.82 Å². The minimum Gasteiger partial charge on any atom is -0.393 e. The van der Waals surface area contributed by atoms with Gasteiger partial charge in [-0.05, 0) is 32.5 Å². The molecular weight excluding hydrogens is 238 g/mol. The molecule has 2 aromatic rings. The van der Waals surface area contributed by atoms with E-state index >= 15 is 0 Å². The number of nitrogens with zero attached hydrogens (tertiary/aromatic N) is 2. The molecule has 0 saturated heterocycles. The lowest BCUT2D eigenvalue weighted by molar-refractivity contribution is 0.163. The second kappa shape index (κ2) is 5.99. The minimum absolute atomic E-state index is 0.269. The van der Waals surface area contributed by atoms with Crippen LogP contribution < -0.4 is 5.73 Å². The van der Waals surface area contributed by atoms with Crippen LogP contribution in [0.15, 0.2) is 30.3 Å². The Kier molecular flexibility index (Phi) is 4.35. The number of hydrogen-bond acceptors (Lipinski definition) is 4. The van der Waals surface area contributed by atoms with Crippen molar-refractivity contribution in [2.24, 2.45) is 0 Å². The molecule has 102 valence electrons. The SMILES string of the molecule is CC(O)CCN(C)Cc1cc2ccccc2nc1N. The van der Waals surface area contributed by atoms with Gasteiger partial charge in [-0.15, -0.1) is 0 Å².